The molecule has 1 aliphatic rings. The van der Waals surface area contributed by atoms with Gasteiger partial charge in [-0.3, -0.25) is 0 Å². The molecule has 3 nitrogen and oxygen atoms in total. The average molecular weight is 309 g/mol. The topological polar surface area (TPSA) is 39.1 Å². The Morgan fingerprint density at radius 3 is 2.73 bits per heavy atom. The zero-order valence-corrected chi connectivity index (χ0v) is 13.7. The number of hydrogen-bond donors (Lipinski definition) is 1. The van der Waals surface area contributed by atoms with Gasteiger partial charge in [-0.05, 0) is 43.8 Å². The fourth-order valence-electron chi connectivity index (χ4n) is 2.77. The van der Waals surface area contributed by atoms with E-state index < -0.39 is 0 Å². The first-order valence-electron chi connectivity index (χ1n) is 7.55. The minimum Gasteiger partial charge on any atom is -0.335 e. The van der Waals surface area contributed by atoms with Crippen LogP contribution in [0.3, 0.4) is 0 Å². The number of fused-ring (bicyclic) bond motifs is 2. The minimum absolute atomic E-state index is 0.315. The summed E-state index contributed by atoms with van der Waals surface area (Å²) in [4.78, 5) is 4.83. The van der Waals surface area contributed by atoms with E-state index in [9.17, 15) is 5.26 Å². The molecule has 2 aromatic rings. The third kappa shape index (κ3) is 2.70. The Morgan fingerprint density at radius 1 is 1.18 bits per heavy atom. The summed E-state index contributed by atoms with van der Waals surface area (Å²) in [6, 6.07) is 17.0. The van der Waals surface area contributed by atoms with Crippen LogP contribution in [0.2, 0.25) is 0 Å². The fraction of sp³-hybridized carbons (Fsp3) is 0.278. The van der Waals surface area contributed by atoms with Crippen molar-refractivity contribution in [3.8, 4) is 6.07 Å². The number of hydrogen-bond acceptors (Lipinski definition) is 4. The van der Waals surface area contributed by atoms with Gasteiger partial charge in [0.25, 0.3) is 0 Å². The van der Waals surface area contributed by atoms with Crippen LogP contribution < -0.4 is 10.2 Å². The monoisotopic (exact) mass is 309 g/mol. The molecule has 112 valence electrons. The van der Waals surface area contributed by atoms with Crippen LogP contribution in [-0.4, -0.2) is 19.1 Å². The molecule has 1 aliphatic heterocycles. The average Bonchev–Trinajstić information content (AvgIpc) is 2.57. The second-order valence-electron chi connectivity index (χ2n) is 5.39. The van der Waals surface area contributed by atoms with Crippen molar-refractivity contribution < 1.29 is 0 Å². The summed E-state index contributed by atoms with van der Waals surface area (Å²) in [5.74, 6) is 0. The molecule has 0 aliphatic carbocycles. The Bertz CT molecular complexity index is 721. The molecule has 0 unspecified atom stereocenters. The summed E-state index contributed by atoms with van der Waals surface area (Å²) in [5.41, 5.74) is 3.06. The maximum Gasteiger partial charge on any atom is 0.0992 e. The molecule has 2 aromatic carbocycles. The van der Waals surface area contributed by atoms with Crippen LogP contribution in [0, 0.1) is 11.3 Å². The molecule has 22 heavy (non-hydrogen) atoms. The van der Waals surface area contributed by atoms with Gasteiger partial charge in [-0.1, -0.05) is 30.8 Å². The number of nitrogens with one attached hydrogen (secondary N) is 1. The fourth-order valence-corrected chi connectivity index (χ4v) is 3.82. The van der Waals surface area contributed by atoms with Gasteiger partial charge in [-0.2, -0.15) is 5.26 Å². The Kier molecular flexibility index (Phi) is 4.37. The first-order chi connectivity index (χ1) is 10.7. The van der Waals surface area contributed by atoms with Crippen LogP contribution in [0.4, 0.5) is 11.4 Å². The molecule has 0 aromatic heterocycles. The lowest BCUT2D eigenvalue weighted by Crippen LogP contribution is -2.38. The number of nitriles is 1. The second kappa shape index (κ2) is 6.43. The molecule has 0 bridgehead atoms. The van der Waals surface area contributed by atoms with E-state index in [0.29, 0.717) is 11.6 Å². The largest absolute Gasteiger partial charge is 0.335 e. The predicted octanol–water partition coefficient (Wildman–Crippen LogP) is 4.16. The lowest BCUT2D eigenvalue weighted by atomic mass is 10.1. The van der Waals surface area contributed by atoms with Crippen molar-refractivity contribution in [1.29, 1.82) is 5.26 Å². The molecule has 1 N–H and O–H groups in total. The molecule has 1 atom stereocenters. The summed E-state index contributed by atoms with van der Waals surface area (Å²) in [6.07, 6.45) is 0. The van der Waals surface area contributed by atoms with E-state index in [1.54, 1.807) is 11.8 Å². The first-order valence-corrected chi connectivity index (χ1v) is 8.37. The van der Waals surface area contributed by atoms with E-state index in [1.807, 2.05) is 12.1 Å². The highest BCUT2D eigenvalue weighted by Gasteiger charge is 2.26. The van der Waals surface area contributed by atoms with E-state index in [2.05, 4.69) is 60.5 Å². The molecule has 0 radical (unpaired) electrons. The molecule has 0 spiro atoms. The zero-order chi connectivity index (χ0) is 15.5. The normalized spacial score (nSPS) is 14.0. The van der Waals surface area contributed by atoms with Crippen LogP contribution in [0.15, 0.2) is 52.3 Å². The summed E-state index contributed by atoms with van der Waals surface area (Å²) in [7, 11) is 0. The Balaban J connectivity index is 2.08. The standard InChI is InChI=1S/C18H19N3S/c1-3-20-12-13(2)21-15-6-4-5-7-17(15)22-18-9-8-14(11-19)10-16(18)21/h4-10,13,20H,3,12H2,1-2H3/t13-/m1/s1. The molecule has 0 saturated heterocycles. The van der Waals surface area contributed by atoms with Gasteiger partial charge < -0.3 is 10.2 Å². The number of anilines is 2. The van der Waals surface area contributed by atoms with Gasteiger partial charge >= 0.3 is 0 Å². The van der Waals surface area contributed by atoms with Gasteiger partial charge in [0.05, 0.1) is 23.0 Å². The molecule has 1 heterocycles. The van der Waals surface area contributed by atoms with E-state index in [0.717, 1.165) is 18.8 Å². The lowest BCUT2D eigenvalue weighted by Gasteiger charge is -2.37. The van der Waals surface area contributed by atoms with Crippen LogP contribution in [-0.2, 0) is 0 Å². The number of benzene rings is 2. The molecular weight excluding hydrogens is 290 g/mol. The maximum atomic E-state index is 9.21. The highest BCUT2D eigenvalue weighted by Crippen LogP contribution is 2.49. The lowest BCUT2D eigenvalue weighted by molar-refractivity contribution is 0.609. The van der Waals surface area contributed by atoms with Crippen LogP contribution >= 0.6 is 11.8 Å². The third-order valence-electron chi connectivity index (χ3n) is 3.82. The van der Waals surface area contributed by atoms with Gasteiger partial charge in [0.15, 0.2) is 0 Å². The summed E-state index contributed by atoms with van der Waals surface area (Å²) in [6.45, 7) is 6.21. The Morgan fingerprint density at radius 2 is 1.95 bits per heavy atom. The number of likely N-dealkylation sites (N-methyl/N-ethyl adjacent to an activating group) is 1. The van der Waals surface area contributed by atoms with Gasteiger partial charge in [0, 0.05) is 22.4 Å². The molecule has 0 fully saturated rings. The van der Waals surface area contributed by atoms with Crippen molar-refractivity contribution in [3.05, 3.63) is 48.0 Å². The third-order valence-corrected chi connectivity index (χ3v) is 4.95. The predicted molar refractivity (Wildman–Crippen MR) is 91.9 cm³/mol. The van der Waals surface area contributed by atoms with Gasteiger partial charge in [0.1, 0.15) is 0 Å². The second-order valence-corrected chi connectivity index (χ2v) is 6.47. The SMILES string of the molecule is CCNC[C@@H](C)N1c2ccccc2Sc2ccc(C#N)cc21. The highest BCUT2D eigenvalue weighted by atomic mass is 32.2. The van der Waals surface area contributed by atoms with E-state index in [-0.39, 0.29) is 0 Å². The van der Waals surface area contributed by atoms with Gasteiger partial charge in [-0.25, -0.2) is 0 Å². The molecule has 0 saturated carbocycles. The number of nitrogens with zero attached hydrogens (tertiary/aromatic N) is 2. The van der Waals surface area contributed by atoms with E-state index >= 15 is 0 Å². The highest BCUT2D eigenvalue weighted by molar-refractivity contribution is 7.99. The van der Waals surface area contributed by atoms with Crippen molar-refractivity contribution in [2.45, 2.75) is 29.7 Å². The molecule has 0 amide bonds. The van der Waals surface area contributed by atoms with Crippen molar-refractivity contribution >= 4 is 23.1 Å². The van der Waals surface area contributed by atoms with Crippen molar-refractivity contribution in [1.82, 2.24) is 5.32 Å². The molecule has 4 heteroatoms. The zero-order valence-electron chi connectivity index (χ0n) is 12.8. The Labute approximate surface area is 135 Å². The maximum absolute atomic E-state index is 9.21. The van der Waals surface area contributed by atoms with Crippen LogP contribution in [0.5, 0.6) is 0 Å². The minimum atomic E-state index is 0.315. The van der Waals surface area contributed by atoms with E-state index in [4.69, 9.17) is 0 Å². The molecular formula is C18H19N3S. The van der Waals surface area contributed by atoms with E-state index in [1.165, 1.54) is 15.5 Å². The summed E-state index contributed by atoms with van der Waals surface area (Å²) >= 11 is 1.78. The number of para-hydroxylation sites is 1. The van der Waals surface area contributed by atoms with Crippen LogP contribution in [0.25, 0.3) is 0 Å². The quantitative estimate of drug-likeness (QED) is 0.920. The molecule has 3 rings (SSSR count). The van der Waals surface area contributed by atoms with Crippen molar-refractivity contribution in [2.75, 3.05) is 18.0 Å². The van der Waals surface area contributed by atoms with Crippen molar-refractivity contribution in [2.24, 2.45) is 0 Å². The smallest absolute Gasteiger partial charge is 0.0992 e. The summed E-state index contributed by atoms with van der Waals surface area (Å²) in [5, 5.41) is 12.6. The summed E-state index contributed by atoms with van der Waals surface area (Å²) < 4.78 is 0. The van der Waals surface area contributed by atoms with Gasteiger partial charge in [0.2, 0.25) is 0 Å². The first kappa shape index (κ1) is 15.0. The van der Waals surface area contributed by atoms with Crippen molar-refractivity contribution in [3.63, 3.8) is 0 Å². The van der Waals surface area contributed by atoms with Crippen LogP contribution in [0.1, 0.15) is 19.4 Å². The van der Waals surface area contributed by atoms with Gasteiger partial charge in [-0.15, -0.1) is 0 Å². The number of rotatable bonds is 4. The Hall–Kier alpha value is -1.96.